The summed E-state index contributed by atoms with van der Waals surface area (Å²) in [6.07, 6.45) is 4.84. The van der Waals surface area contributed by atoms with Crippen LogP contribution in [0.1, 0.15) is 11.7 Å². The fourth-order valence-corrected chi connectivity index (χ4v) is 4.60. The molecule has 0 spiro atoms. The first-order valence-corrected chi connectivity index (χ1v) is 12.0. The Bertz CT molecular complexity index is 1490. The van der Waals surface area contributed by atoms with Crippen LogP contribution in [0.25, 0.3) is 44.3 Å². The summed E-state index contributed by atoms with van der Waals surface area (Å²) in [7, 11) is 7.81. The van der Waals surface area contributed by atoms with Crippen molar-refractivity contribution in [2.24, 2.45) is 0 Å². The van der Waals surface area contributed by atoms with Gasteiger partial charge in [-0.2, -0.15) is 0 Å². The molecule has 3 heterocycles. The lowest BCUT2D eigenvalue weighted by atomic mass is 9.98. The minimum Gasteiger partial charge on any atom is -0.496 e. The number of rotatable bonds is 9. The lowest BCUT2D eigenvalue weighted by Crippen LogP contribution is -2.31. The van der Waals surface area contributed by atoms with Gasteiger partial charge in [0.25, 0.3) is 0 Å². The number of ether oxygens (including phenoxy) is 1. The molecule has 0 saturated heterocycles. The molecule has 0 saturated carbocycles. The highest BCUT2D eigenvalue weighted by atomic mass is 16.5. The number of para-hydroxylation sites is 1. The van der Waals surface area contributed by atoms with Gasteiger partial charge in [0, 0.05) is 59.7 Å². The number of aliphatic hydroxyl groups is 1. The predicted octanol–water partition coefficient (Wildman–Crippen LogP) is 4.31. The van der Waals surface area contributed by atoms with Crippen molar-refractivity contribution in [1.29, 1.82) is 0 Å². The second-order valence-corrected chi connectivity index (χ2v) is 9.47. The van der Waals surface area contributed by atoms with Crippen molar-refractivity contribution in [3.8, 4) is 28.0 Å². The monoisotopic (exact) mass is 484 g/mol. The zero-order chi connectivity index (χ0) is 25.2. The van der Waals surface area contributed by atoms with Crippen molar-refractivity contribution in [2.75, 3.05) is 47.9 Å². The number of methoxy groups -OCH3 is 1. The van der Waals surface area contributed by atoms with Crippen LogP contribution in [0, 0.1) is 0 Å². The van der Waals surface area contributed by atoms with E-state index in [9.17, 15) is 5.11 Å². The van der Waals surface area contributed by atoms with E-state index in [-0.39, 0.29) is 0 Å². The molecule has 0 radical (unpaired) electrons. The summed E-state index contributed by atoms with van der Waals surface area (Å²) in [5.41, 5.74) is 7.26. The van der Waals surface area contributed by atoms with E-state index in [0.717, 1.165) is 68.7 Å². The van der Waals surface area contributed by atoms with Crippen LogP contribution in [-0.2, 0) is 0 Å². The van der Waals surface area contributed by atoms with E-state index in [1.807, 2.05) is 49.8 Å². The zero-order valence-electron chi connectivity index (χ0n) is 21.1. The Morgan fingerprint density at radius 3 is 2.61 bits per heavy atom. The predicted molar refractivity (Wildman–Crippen MR) is 144 cm³/mol. The molecular weight excluding hydrogens is 452 g/mol. The van der Waals surface area contributed by atoms with Crippen LogP contribution in [-0.4, -0.2) is 82.7 Å². The van der Waals surface area contributed by atoms with Gasteiger partial charge in [-0.25, -0.2) is 9.97 Å². The van der Waals surface area contributed by atoms with Crippen LogP contribution >= 0.6 is 0 Å². The van der Waals surface area contributed by atoms with Crippen LogP contribution in [0.4, 0.5) is 0 Å². The van der Waals surface area contributed by atoms with E-state index in [0.29, 0.717) is 6.54 Å². The first-order valence-electron chi connectivity index (χ1n) is 12.0. The van der Waals surface area contributed by atoms with Crippen molar-refractivity contribution in [3.63, 3.8) is 0 Å². The van der Waals surface area contributed by atoms with Gasteiger partial charge in [0.1, 0.15) is 11.4 Å². The number of imidazole rings is 1. The summed E-state index contributed by atoms with van der Waals surface area (Å²) < 4.78 is 5.60. The van der Waals surface area contributed by atoms with Gasteiger partial charge >= 0.3 is 0 Å². The first-order chi connectivity index (χ1) is 17.4. The maximum absolute atomic E-state index is 11.2. The third-order valence-corrected chi connectivity index (χ3v) is 6.59. The highest BCUT2D eigenvalue weighted by Gasteiger charge is 2.18. The fourth-order valence-electron chi connectivity index (χ4n) is 4.60. The maximum Gasteiger partial charge on any atom is 0.137 e. The second-order valence-electron chi connectivity index (χ2n) is 9.47. The molecule has 0 bridgehead atoms. The Morgan fingerprint density at radius 1 is 0.972 bits per heavy atom. The molecule has 36 heavy (non-hydrogen) atoms. The van der Waals surface area contributed by atoms with Gasteiger partial charge in [-0.1, -0.05) is 18.2 Å². The number of benzene rings is 2. The number of aliphatic hydroxyl groups excluding tert-OH is 1. The molecule has 3 N–H and O–H groups in total. The summed E-state index contributed by atoms with van der Waals surface area (Å²) in [6, 6.07) is 14.2. The van der Waals surface area contributed by atoms with E-state index in [4.69, 9.17) is 9.72 Å². The molecule has 186 valence electrons. The van der Waals surface area contributed by atoms with E-state index < -0.39 is 6.10 Å². The molecule has 5 aromatic rings. The molecule has 8 nitrogen and oxygen atoms in total. The molecule has 3 aromatic heterocycles. The molecule has 0 fully saturated rings. The SMILES string of the molecule is COc1ccccc1-c1c[nH]c2ncc(-c3cc(C(O)CN(C)CCN(C)C)c4nc[nH]c4c3)cc12. The van der Waals surface area contributed by atoms with Crippen molar-refractivity contribution >= 4 is 22.1 Å². The van der Waals surface area contributed by atoms with Gasteiger partial charge in [0.2, 0.25) is 0 Å². The van der Waals surface area contributed by atoms with Crippen LogP contribution in [0.3, 0.4) is 0 Å². The molecule has 2 aromatic carbocycles. The third kappa shape index (κ3) is 4.70. The Kier molecular flexibility index (Phi) is 6.73. The van der Waals surface area contributed by atoms with E-state index in [1.54, 1.807) is 13.4 Å². The van der Waals surface area contributed by atoms with Gasteiger partial charge in [-0.3, -0.25) is 0 Å². The van der Waals surface area contributed by atoms with Gasteiger partial charge in [0.05, 0.1) is 30.6 Å². The van der Waals surface area contributed by atoms with Crippen LogP contribution in [0.15, 0.2) is 61.2 Å². The summed E-state index contributed by atoms with van der Waals surface area (Å²) in [5.74, 6) is 0.812. The van der Waals surface area contributed by atoms with Crippen LogP contribution < -0.4 is 4.74 Å². The normalized spacial score (nSPS) is 12.8. The van der Waals surface area contributed by atoms with Gasteiger partial charge in [-0.15, -0.1) is 0 Å². The third-order valence-electron chi connectivity index (χ3n) is 6.59. The number of aromatic amines is 2. The average molecular weight is 485 g/mol. The minimum atomic E-state index is -0.670. The Morgan fingerprint density at radius 2 is 1.81 bits per heavy atom. The average Bonchev–Trinajstić information content (AvgIpc) is 3.53. The molecule has 0 amide bonds. The molecule has 1 unspecified atom stereocenters. The van der Waals surface area contributed by atoms with Crippen molar-refractivity contribution in [2.45, 2.75) is 6.10 Å². The lowest BCUT2D eigenvalue weighted by Gasteiger charge is -2.23. The quantitative estimate of drug-likeness (QED) is 0.289. The first kappa shape index (κ1) is 24.0. The van der Waals surface area contributed by atoms with E-state index in [1.165, 1.54) is 0 Å². The molecule has 0 aliphatic rings. The topological polar surface area (TPSA) is 93.3 Å². The molecule has 0 aliphatic heterocycles. The Hall–Kier alpha value is -3.72. The standard InChI is InChI=1S/C28H32N6O2/c1-33(2)9-10-34(3)16-25(35)22-11-18(13-24-27(22)32-17-31-24)19-12-21-23(15-30-28(21)29-14-19)20-7-5-6-8-26(20)36-4/h5-8,11-15,17,25,35H,9-10,16H2,1-4H3,(H,29,30)(H,31,32). The van der Waals surface area contributed by atoms with E-state index in [2.05, 4.69) is 51.0 Å². The highest BCUT2D eigenvalue weighted by Crippen LogP contribution is 2.37. The minimum absolute atomic E-state index is 0.520. The number of fused-ring (bicyclic) bond motifs is 2. The Balaban J connectivity index is 1.54. The van der Waals surface area contributed by atoms with Gasteiger partial charge < -0.3 is 29.6 Å². The number of hydrogen-bond donors (Lipinski definition) is 3. The summed E-state index contributed by atoms with van der Waals surface area (Å²) >= 11 is 0. The number of H-pyrrole nitrogens is 2. The molecule has 1 atom stereocenters. The number of nitrogens with one attached hydrogen (secondary N) is 2. The molecule has 0 aliphatic carbocycles. The summed E-state index contributed by atoms with van der Waals surface area (Å²) in [6.45, 7) is 2.32. The number of nitrogens with zero attached hydrogens (tertiary/aromatic N) is 4. The van der Waals surface area contributed by atoms with Gasteiger partial charge in [0.15, 0.2) is 0 Å². The van der Waals surface area contributed by atoms with E-state index >= 15 is 0 Å². The zero-order valence-corrected chi connectivity index (χ0v) is 21.1. The van der Waals surface area contributed by atoms with Crippen molar-refractivity contribution in [1.82, 2.24) is 29.7 Å². The van der Waals surface area contributed by atoms with Crippen molar-refractivity contribution < 1.29 is 9.84 Å². The maximum atomic E-state index is 11.2. The Labute approximate surface area is 210 Å². The molecular formula is C28H32N6O2. The van der Waals surface area contributed by atoms with Crippen LogP contribution in [0.5, 0.6) is 5.75 Å². The number of aromatic nitrogens is 4. The molecule has 8 heteroatoms. The second kappa shape index (κ2) is 10.1. The smallest absolute Gasteiger partial charge is 0.137 e. The number of likely N-dealkylation sites (N-methyl/N-ethyl adjacent to an activating group) is 2. The highest BCUT2D eigenvalue weighted by molar-refractivity contribution is 5.97. The summed E-state index contributed by atoms with van der Waals surface area (Å²) in [5, 5.41) is 12.2. The molecule has 5 rings (SSSR count). The van der Waals surface area contributed by atoms with Crippen molar-refractivity contribution in [3.05, 3.63) is 66.7 Å². The summed E-state index contributed by atoms with van der Waals surface area (Å²) in [4.78, 5) is 20.0. The number of hydrogen-bond acceptors (Lipinski definition) is 6. The van der Waals surface area contributed by atoms with Crippen LogP contribution in [0.2, 0.25) is 0 Å². The lowest BCUT2D eigenvalue weighted by molar-refractivity contribution is 0.124. The van der Waals surface area contributed by atoms with Gasteiger partial charge in [-0.05, 0) is 51.0 Å². The number of pyridine rings is 1. The largest absolute Gasteiger partial charge is 0.496 e. The fraction of sp³-hybridized carbons (Fsp3) is 0.286.